The highest BCUT2D eigenvalue weighted by Crippen LogP contribution is 2.37. The van der Waals surface area contributed by atoms with Crippen molar-refractivity contribution in [3.8, 4) is 6.07 Å². The Kier molecular flexibility index (Phi) is 9.12. The number of hydrogen-bond acceptors (Lipinski definition) is 4. The smallest absolute Gasteiger partial charge is 0.317 e. The number of rotatable bonds is 6. The molecule has 31 heavy (non-hydrogen) atoms. The summed E-state index contributed by atoms with van der Waals surface area (Å²) in [6.45, 7) is 9.01. The second kappa shape index (κ2) is 11.3. The first-order valence-electron chi connectivity index (χ1n) is 10.1. The number of nitrogens with one attached hydrogen (secondary N) is 1. The molecule has 1 aromatic rings. The van der Waals surface area contributed by atoms with Crippen molar-refractivity contribution < 1.29 is 4.79 Å². The SMILES string of the molecule is C=N/C=C(\C=C(/C)C#N)c1ccc(C(C)NC(=O)N(C)C2CCN(C)CC2)c(Cl)c1Cl. The van der Waals surface area contributed by atoms with Gasteiger partial charge >= 0.3 is 6.03 Å². The number of aliphatic imine (C=N–C) groups is 1. The van der Waals surface area contributed by atoms with Crippen LogP contribution in [0.25, 0.3) is 5.57 Å². The van der Waals surface area contributed by atoms with Gasteiger partial charge in [0.25, 0.3) is 0 Å². The van der Waals surface area contributed by atoms with Crippen LogP contribution < -0.4 is 5.32 Å². The Bertz CT molecular complexity index is 927. The minimum Gasteiger partial charge on any atom is -0.331 e. The molecule has 6 nitrogen and oxygen atoms in total. The molecule has 1 atom stereocenters. The predicted octanol–water partition coefficient (Wildman–Crippen LogP) is 5.30. The Morgan fingerprint density at radius 2 is 2.03 bits per heavy atom. The highest BCUT2D eigenvalue weighted by atomic mass is 35.5. The lowest BCUT2D eigenvalue weighted by molar-refractivity contribution is 0.146. The maximum absolute atomic E-state index is 12.8. The molecule has 0 spiro atoms. The van der Waals surface area contributed by atoms with E-state index in [1.165, 1.54) is 6.20 Å². The summed E-state index contributed by atoms with van der Waals surface area (Å²) in [5, 5.41) is 12.8. The number of carbonyl (C=O) groups excluding carboxylic acids is 1. The normalized spacial score (nSPS) is 17.1. The summed E-state index contributed by atoms with van der Waals surface area (Å²) in [5.74, 6) is 0. The molecule has 1 unspecified atom stereocenters. The largest absolute Gasteiger partial charge is 0.331 e. The van der Waals surface area contributed by atoms with Gasteiger partial charge in [0.05, 0.1) is 22.2 Å². The van der Waals surface area contributed by atoms with E-state index >= 15 is 0 Å². The van der Waals surface area contributed by atoms with Crippen molar-refractivity contribution in [2.45, 2.75) is 38.8 Å². The fraction of sp³-hybridized carbons (Fsp3) is 0.435. The number of carbonyl (C=O) groups is 1. The van der Waals surface area contributed by atoms with Crippen LogP contribution in [0.2, 0.25) is 10.0 Å². The summed E-state index contributed by atoms with van der Waals surface area (Å²) in [5.41, 5.74) is 2.49. The van der Waals surface area contributed by atoms with E-state index in [4.69, 9.17) is 28.5 Å². The number of piperidine rings is 1. The van der Waals surface area contributed by atoms with Crippen LogP contribution in [0.5, 0.6) is 0 Å². The third-order valence-corrected chi connectivity index (χ3v) is 6.46. The van der Waals surface area contributed by atoms with E-state index < -0.39 is 0 Å². The minimum atomic E-state index is -0.332. The summed E-state index contributed by atoms with van der Waals surface area (Å²) >= 11 is 13.1. The Hall–Kier alpha value is -2.33. The molecule has 0 aliphatic carbocycles. The van der Waals surface area contributed by atoms with Crippen molar-refractivity contribution in [1.82, 2.24) is 15.1 Å². The van der Waals surface area contributed by atoms with E-state index in [-0.39, 0.29) is 18.1 Å². The van der Waals surface area contributed by atoms with Gasteiger partial charge in [-0.1, -0.05) is 35.3 Å². The standard InChI is InChI=1S/C23H29Cl2N5O/c1-15(13-26)12-17(14-27-3)20-7-6-19(21(24)22(20)25)16(2)28-23(31)30(5)18-8-10-29(4)11-9-18/h6-7,12,14,16,18H,3,8-11H2,1-2,4-5H3,(H,28,31)/b15-12+,17-14+. The van der Waals surface area contributed by atoms with Crippen LogP contribution in [-0.2, 0) is 0 Å². The predicted molar refractivity (Wildman–Crippen MR) is 129 cm³/mol. The number of hydrogen-bond donors (Lipinski definition) is 1. The number of amides is 2. The molecular formula is C23H29Cl2N5O. The maximum atomic E-state index is 12.8. The maximum Gasteiger partial charge on any atom is 0.317 e. The zero-order valence-corrected chi connectivity index (χ0v) is 20.0. The molecular weight excluding hydrogens is 433 g/mol. The lowest BCUT2D eigenvalue weighted by Gasteiger charge is -2.35. The molecule has 1 aliphatic rings. The van der Waals surface area contributed by atoms with Crippen LogP contribution in [0.4, 0.5) is 4.79 Å². The first-order valence-corrected chi connectivity index (χ1v) is 10.9. The van der Waals surface area contributed by atoms with Gasteiger partial charge < -0.3 is 15.1 Å². The Morgan fingerprint density at radius 3 is 2.61 bits per heavy atom. The zero-order chi connectivity index (χ0) is 23.1. The van der Waals surface area contributed by atoms with E-state index in [0.29, 0.717) is 32.3 Å². The Balaban J connectivity index is 2.20. The average molecular weight is 462 g/mol. The minimum absolute atomic E-state index is 0.137. The van der Waals surface area contributed by atoms with Crippen LogP contribution in [0.1, 0.15) is 43.9 Å². The molecule has 0 aromatic heterocycles. The summed E-state index contributed by atoms with van der Waals surface area (Å²) in [7, 11) is 3.93. The van der Waals surface area contributed by atoms with Crippen molar-refractivity contribution in [1.29, 1.82) is 5.26 Å². The molecule has 2 amide bonds. The summed E-state index contributed by atoms with van der Waals surface area (Å²) < 4.78 is 0. The van der Waals surface area contributed by atoms with Gasteiger partial charge in [0.2, 0.25) is 0 Å². The quantitative estimate of drug-likeness (QED) is 0.354. The van der Waals surface area contributed by atoms with Gasteiger partial charge in [0.15, 0.2) is 0 Å². The second-order valence-electron chi connectivity index (χ2n) is 7.85. The zero-order valence-electron chi connectivity index (χ0n) is 18.5. The molecule has 1 heterocycles. The van der Waals surface area contributed by atoms with E-state index in [1.807, 2.05) is 26.1 Å². The molecule has 1 N–H and O–H groups in total. The summed E-state index contributed by atoms with van der Waals surface area (Å²) in [6, 6.07) is 5.47. The van der Waals surface area contributed by atoms with Crippen molar-refractivity contribution >= 4 is 41.5 Å². The first-order chi connectivity index (χ1) is 14.7. The lowest BCUT2D eigenvalue weighted by Crippen LogP contribution is -2.48. The average Bonchev–Trinajstić information content (AvgIpc) is 2.75. The highest BCUT2D eigenvalue weighted by molar-refractivity contribution is 6.43. The highest BCUT2D eigenvalue weighted by Gasteiger charge is 2.25. The number of nitriles is 1. The van der Waals surface area contributed by atoms with Gasteiger partial charge in [-0.15, -0.1) is 0 Å². The second-order valence-corrected chi connectivity index (χ2v) is 8.61. The molecule has 0 saturated carbocycles. The van der Waals surface area contributed by atoms with E-state index in [0.717, 1.165) is 25.9 Å². The fourth-order valence-corrected chi connectivity index (χ4v) is 4.19. The van der Waals surface area contributed by atoms with Crippen LogP contribution in [0.15, 0.2) is 35.0 Å². The molecule has 1 saturated heterocycles. The third-order valence-electron chi connectivity index (χ3n) is 5.56. The topological polar surface area (TPSA) is 71.7 Å². The van der Waals surface area contributed by atoms with E-state index in [1.54, 1.807) is 17.9 Å². The molecule has 0 radical (unpaired) electrons. The molecule has 2 rings (SSSR count). The molecule has 166 valence electrons. The lowest BCUT2D eigenvalue weighted by atomic mass is 10.00. The molecule has 1 aliphatic heterocycles. The number of likely N-dealkylation sites (tertiary alicyclic amines) is 1. The Labute approximate surface area is 194 Å². The van der Waals surface area contributed by atoms with Crippen molar-refractivity contribution in [2.75, 3.05) is 27.2 Å². The molecule has 1 aromatic carbocycles. The van der Waals surface area contributed by atoms with Gasteiger partial charge in [-0.25, -0.2) is 4.79 Å². The van der Waals surface area contributed by atoms with Crippen LogP contribution in [-0.4, -0.2) is 55.8 Å². The number of urea groups is 1. The first kappa shape index (κ1) is 24.9. The number of nitrogens with zero attached hydrogens (tertiary/aromatic N) is 4. The molecule has 0 bridgehead atoms. The molecule has 8 heteroatoms. The fourth-order valence-electron chi connectivity index (χ4n) is 3.58. The van der Waals surface area contributed by atoms with Gasteiger partial charge in [-0.2, -0.15) is 5.26 Å². The van der Waals surface area contributed by atoms with E-state index in [2.05, 4.69) is 35.0 Å². The van der Waals surface area contributed by atoms with Crippen LogP contribution >= 0.6 is 23.2 Å². The number of halogens is 2. The van der Waals surface area contributed by atoms with Gasteiger partial charge in [0.1, 0.15) is 0 Å². The van der Waals surface area contributed by atoms with Gasteiger partial charge in [-0.05, 0) is 65.2 Å². The molecule has 1 fully saturated rings. The van der Waals surface area contributed by atoms with Crippen molar-refractivity contribution in [3.63, 3.8) is 0 Å². The van der Waals surface area contributed by atoms with Gasteiger partial charge in [-0.3, -0.25) is 4.99 Å². The van der Waals surface area contributed by atoms with Crippen molar-refractivity contribution in [3.05, 3.63) is 51.2 Å². The summed E-state index contributed by atoms with van der Waals surface area (Å²) in [4.78, 5) is 20.6. The van der Waals surface area contributed by atoms with Crippen LogP contribution in [0, 0.1) is 11.3 Å². The van der Waals surface area contributed by atoms with E-state index in [9.17, 15) is 4.79 Å². The Morgan fingerprint density at radius 1 is 1.39 bits per heavy atom. The summed E-state index contributed by atoms with van der Waals surface area (Å²) in [6.07, 6.45) is 5.11. The number of allylic oxidation sites excluding steroid dienone is 3. The third kappa shape index (κ3) is 6.33. The van der Waals surface area contributed by atoms with Crippen LogP contribution in [0.3, 0.4) is 0 Å². The van der Waals surface area contributed by atoms with Crippen molar-refractivity contribution in [2.24, 2.45) is 4.99 Å². The monoisotopic (exact) mass is 461 g/mol. The van der Waals surface area contributed by atoms with Gasteiger partial charge in [0, 0.05) is 36.0 Å². The number of benzene rings is 1.